The van der Waals surface area contributed by atoms with E-state index in [1.807, 2.05) is 0 Å². The molecular formula is C11H22N2O. The van der Waals surface area contributed by atoms with Crippen LogP contribution >= 0.6 is 0 Å². The number of hydrogen-bond acceptors (Lipinski definition) is 3. The van der Waals surface area contributed by atoms with Gasteiger partial charge in [-0.2, -0.15) is 0 Å². The molecule has 2 fully saturated rings. The Bertz CT molecular complexity index is 170. The maximum atomic E-state index is 6.05. The largest absolute Gasteiger partial charge is 0.381 e. The SMILES string of the molecule is CC1CC(N)CN(C2CCOCC2)C1. The van der Waals surface area contributed by atoms with Crippen LogP contribution in [0, 0.1) is 5.92 Å². The van der Waals surface area contributed by atoms with Crippen molar-refractivity contribution < 1.29 is 4.74 Å². The lowest BCUT2D eigenvalue weighted by atomic mass is 9.93. The second kappa shape index (κ2) is 4.60. The molecule has 0 radical (unpaired) electrons. The summed E-state index contributed by atoms with van der Waals surface area (Å²) in [6.45, 7) is 6.51. The van der Waals surface area contributed by atoms with Gasteiger partial charge in [0.2, 0.25) is 0 Å². The molecule has 14 heavy (non-hydrogen) atoms. The zero-order chi connectivity index (χ0) is 9.97. The first-order chi connectivity index (χ1) is 6.75. The molecule has 2 aliphatic heterocycles. The average Bonchev–Trinajstić information content (AvgIpc) is 2.18. The number of piperidine rings is 1. The van der Waals surface area contributed by atoms with Crippen LogP contribution in [0.25, 0.3) is 0 Å². The fourth-order valence-corrected chi connectivity index (χ4v) is 2.79. The summed E-state index contributed by atoms with van der Waals surface area (Å²) in [5.41, 5.74) is 6.05. The maximum Gasteiger partial charge on any atom is 0.0480 e. The molecule has 3 heteroatoms. The van der Waals surface area contributed by atoms with Crippen LogP contribution in [0.1, 0.15) is 26.2 Å². The first-order valence-electron chi connectivity index (χ1n) is 5.83. The van der Waals surface area contributed by atoms with Gasteiger partial charge < -0.3 is 10.5 Å². The van der Waals surface area contributed by atoms with Crippen molar-refractivity contribution >= 4 is 0 Å². The molecule has 0 spiro atoms. The minimum absolute atomic E-state index is 0.390. The van der Waals surface area contributed by atoms with Gasteiger partial charge in [0.1, 0.15) is 0 Å². The van der Waals surface area contributed by atoms with Crippen molar-refractivity contribution in [3.8, 4) is 0 Å². The van der Waals surface area contributed by atoms with E-state index in [1.165, 1.54) is 25.8 Å². The monoisotopic (exact) mass is 198 g/mol. The van der Waals surface area contributed by atoms with E-state index in [9.17, 15) is 0 Å². The van der Waals surface area contributed by atoms with Crippen LogP contribution in [0.2, 0.25) is 0 Å². The number of likely N-dealkylation sites (tertiary alicyclic amines) is 1. The maximum absolute atomic E-state index is 6.05. The van der Waals surface area contributed by atoms with Crippen molar-refractivity contribution in [3.05, 3.63) is 0 Å². The normalized spacial score (nSPS) is 37.3. The van der Waals surface area contributed by atoms with E-state index in [2.05, 4.69) is 11.8 Å². The Morgan fingerprint density at radius 1 is 1.21 bits per heavy atom. The Hall–Kier alpha value is -0.120. The summed E-state index contributed by atoms with van der Waals surface area (Å²) in [4.78, 5) is 2.58. The van der Waals surface area contributed by atoms with E-state index < -0.39 is 0 Å². The molecule has 0 aromatic rings. The molecule has 2 N–H and O–H groups in total. The molecule has 2 heterocycles. The van der Waals surface area contributed by atoms with E-state index >= 15 is 0 Å². The topological polar surface area (TPSA) is 38.5 Å². The minimum Gasteiger partial charge on any atom is -0.381 e. The van der Waals surface area contributed by atoms with Gasteiger partial charge in [0.25, 0.3) is 0 Å². The van der Waals surface area contributed by atoms with Crippen molar-refractivity contribution in [2.75, 3.05) is 26.3 Å². The number of ether oxygens (including phenoxy) is 1. The summed E-state index contributed by atoms with van der Waals surface area (Å²) in [7, 11) is 0. The fourth-order valence-electron chi connectivity index (χ4n) is 2.79. The lowest BCUT2D eigenvalue weighted by molar-refractivity contribution is 0.0157. The summed E-state index contributed by atoms with van der Waals surface area (Å²) < 4.78 is 5.39. The van der Waals surface area contributed by atoms with E-state index in [-0.39, 0.29) is 0 Å². The highest BCUT2D eigenvalue weighted by atomic mass is 16.5. The summed E-state index contributed by atoms with van der Waals surface area (Å²) >= 11 is 0. The molecule has 3 nitrogen and oxygen atoms in total. The number of rotatable bonds is 1. The third-order valence-corrected chi connectivity index (χ3v) is 3.43. The second-order valence-corrected chi connectivity index (χ2v) is 4.90. The van der Waals surface area contributed by atoms with Crippen LogP contribution in [-0.2, 0) is 4.74 Å². The van der Waals surface area contributed by atoms with Gasteiger partial charge in [-0.25, -0.2) is 0 Å². The Morgan fingerprint density at radius 2 is 1.93 bits per heavy atom. The van der Waals surface area contributed by atoms with E-state index in [0.717, 1.165) is 31.7 Å². The first-order valence-corrected chi connectivity index (χ1v) is 5.83. The van der Waals surface area contributed by atoms with Gasteiger partial charge in [0.05, 0.1) is 0 Å². The fraction of sp³-hybridized carbons (Fsp3) is 1.00. The van der Waals surface area contributed by atoms with Gasteiger partial charge in [0, 0.05) is 38.4 Å². The molecule has 2 aliphatic rings. The zero-order valence-electron chi connectivity index (χ0n) is 9.11. The van der Waals surface area contributed by atoms with Crippen molar-refractivity contribution in [3.63, 3.8) is 0 Å². The highest BCUT2D eigenvalue weighted by Crippen LogP contribution is 2.22. The smallest absolute Gasteiger partial charge is 0.0480 e. The van der Waals surface area contributed by atoms with Crippen LogP contribution < -0.4 is 5.73 Å². The van der Waals surface area contributed by atoms with Crippen molar-refractivity contribution in [2.45, 2.75) is 38.3 Å². The Morgan fingerprint density at radius 3 is 2.57 bits per heavy atom. The Labute approximate surface area is 86.6 Å². The molecule has 0 amide bonds. The molecule has 0 aromatic heterocycles. The number of hydrogen-bond donors (Lipinski definition) is 1. The third-order valence-electron chi connectivity index (χ3n) is 3.43. The summed E-state index contributed by atoms with van der Waals surface area (Å²) in [5, 5.41) is 0. The summed E-state index contributed by atoms with van der Waals surface area (Å²) in [6, 6.07) is 1.12. The zero-order valence-corrected chi connectivity index (χ0v) is 9.11. The number of nitrogens with zero attached hydrogens (tertiary/aromatic N) is 1. The van der Waals surface area contributed by atoms with Crippen LogP contribution in [-0.4, -0.2) is 43.3 Å². The molecule has 2 unspecified atom stereocenters. The van der Waals surface area contributed by atoms with Crippen LogP contribution in [0.4, 0.5) is 0 Å². The molecule has 2 saturated heterocycles. The van der Waals surface area contributed by atoms with Crippen LogP contribution in [0.3, 0.4) is 0 Å². The van der Waals surface area contributed by atoms with Crippen molar-refractivity contribution in [1.82, 2.24) is 4.90 Å². The lowest BCUT2D eigenvalue weighted by Gasteiger charge is -2.41. The highest BCUT2D eigenvalue weighted by Gasteiger charge is 2.28. The first kappa shape index (κ1) is 10.4. The van der Waals surface area contributed by atoms with E-state index in [0.29, 0.717) is 6.04 Å². The molecule has 0 saturated carbocycles. The summed E-state index contributed by atoms with van der Waals surface area (Å²) in [6.07, 6.45) is 3.58. The van der Waals surface area contributed by atoms with Crippen molar-refractivity contribution in [2.24, 2.45) is 11.7 Å². The predicted molar refractivity (Wildman–Crippen MR) is 57.2 cm³/mol. The standard InChI is InChI=1S/C11H22N2O/c1-9-6-10(12)8-13(7-9)11-2-4-14-5-3-11/h9-11H,2-8,12H2,1H3. The molecule has 2 rings (SSSR count). The quantitative estimate of drug-likeness (QED) is 0.678. The number of nitrogens with two attached hydrogens (primary N) is 1. The Kier molecular flexibility index (Phi) is 3.42. The molecule has 0 bridgehead atoms. The van der Waals surface area contributed by atoms with Gasteiger partial charge in [-0.1, -0.05) is 6.92 Å². The van der Waals surface area contributed by atoms with Gasteiger partial charge in [-0.15, -0.1) is 0 Å². The van der Waals surface area contributed by atoms with E-state index in [1.54, 1.807) is 0 Å². The molecule has 82 valence electrons. The predicted octanol–water partition coefficient (Wildman–Crippen LogP) is 0.834. The molecule has 0 aliphatic carbocycles. The third kappa shape index (κ3) is 2.47. The van der Waals surface area contributed by atoms with E-state index in [4.69, 9.17) is 10.5 Å². The van der Waals surface area contributed by atoms with Crippen LogP contribution in [0.15, 0.2) is 0 Å². The average molecular weight is 198 g/mol. The molecule has 0 aromatic carbocycles. The molecular weight excluding hydrogens is 176 g/mol. The summed E-state index contributed by atoms with van der Waals surface area (Å²) in [5.74, 6) is 0.765. The van der Waals surface area contributed by atoms with Crippen molar-refractivity contribution in [1.29, 1.82) is 0 Å². The van der Waals surface area contributed by atoms with Gasteiger partial charge in [-0.3, -0.25) is 4.90 Å². The second-order valence-electron chi connectivity index (χ2n) is 4.90. The molecule has 2 atom stereocenters. The van der Waals surface area contributed by atoms with Gasteiger partial charge >= 0.3 is 0 Å². The van der Waals surface area contributed by atoms with Gasteiger partial charge in [0.15, 0.2) is 0 Å². The highest BCUT2D eigenvalue weighted by molar-refractivity contribution is 4.84. The lowest BCUT2D eigenvalue weighted by Crippen LogP contribution is -2.51. The Balaban J connectivity index is 1.88. The van der Waals surface area contributed by atoms with Gasteiger partial charge in [-0.05, 0) is 25.2 Å². The minimum atomic E-state index is 0.390. The van der Waals surface area contributed by atoms with Crippen LogP contribution in [0.5, 0.6) is 0 Å².